The van der Waals surface area contributed by atoms with Gasteiger partial charge in [0.1, 0.15) is 23.9 Å². The molecule has 1 aliphatic rings. The number of benzene rings is 3. The van der Waals surface area contributed by atoms with Crippen LogP contribution in [0.3, 0.4) is 0 Å². The minimum Gasteiger partial charge on any atom is -0.496 e. The Kier molecular flexibility index (Phi) is 6.18. The van der Waals surface area contributed by atoms with Crippen molar-refractivity contribution < 1.29 is 28.1 Å². The zero-order chi connectivity index (χ0) is 21.8. The lowest BCUT2D eigenvalue weighted by atomic mass is 10.1. The van der Waals surface area contributed by atoms with Crippen LogP contribution in [0.15, 0.2) is 60.7 Å². The van der Waals surface area contributed by atoms with Crippen LogP contribution in [0.2, 0.25) is 0 Å². The first-order valence-electron chi connectivity index (χ1n) is 9.97. The Morgan fingerprint density at radius 2 is 1.90 bits per heavy atom. The number of fused-ring (bicyclic) bond motifs is 1. The zero-order valence-electron chi connectivity index (χ0n) is 17.4. The molecule has 0 fully saturated rings. The van der Waals surface area contributed by atoms with E-state index in [-0.39, 0.29) is 19.6 Å². The summed E-state index contributed by atoms with van der Waals surface area (Å²) in [6, 6.07) is 17.8. The number of hydrogen-bond donors (Lipinski definition) is 0. The van der Waals surface area contributed by atoms with Crippen molar-refractivity contribution in [2.24, 2.45) is 0 Å². The van der Waals surface area contributed by atoms with E-state index in [2.05, 4.69) is 0 Å². The summed E-state index contributed by atoms with van der Waals surface area (Å²) in [5.41, 5.74) is 3.65. The van der Waals surface area contributed by atoms with Crippen LogP contribution < -0.4 is 9.47 Å². The Morgan fingerprint density at radius 3 is 2.68 bits per heavy atom. The van der Waals surface area contributed by atoms with E-state index < -0.39 is 18.1 Å². The molecule has 3 aromatic carbocycles. The van der Waals surface area contributed by atoms with Gasteiger partial charge >= 0.3 is 5.97 Å². The van der Waals surface area contributed by atoms with Crippen molar-refractivity contribution in [3.63, 3.8) is 0 Å². The summed E-state index contributed by atoms with van der Waals surface area (Å²) in [6.45, 7) is 2.04. The molecule has 1 atom stereocenters. The molecule has 5 nitrogen and oxygen atoms in total. The number of rotatable bonds is 6. The monoisotopic (exact) mass is 422 g/mol. The molecule has 0 aliphatic carbocycles. The van der Waals surface area contributed by atoms with Gasteiger partial charge in [0.05, 0.1) is 20.1 Å². The Balaban J connectivity index is 1.49. The lowest BCUT2D eigenvalue weighted by molar-refractivity contribution is -0.144. The molecule has 0 saturated carbocycles. The highest BCUT2D eigenvalue weighted by molar-refractivity contribution is 5.73. The molecule has 0 N–H and O–H groups in total. The molecule has 6 heteroatoms. The van der Waals surface area contributed by atoms with E-state index in [0.29, 0.717) is 22.6 Å². The molecule has 0 bridgehead atoms. The second-order valence-corrected chi connectivity index (χ2v) is 7.38. The molecular weight excluding hydrogens is 399 g/mol. The predicted octanol–water partition coefficient (Wildman–Crippen LogP) is 5.04. The van der Waals surface area contributed by atoms with Crippen molar-refractivity contribution in [3.05, 3.63) is 94.3 Å². The molecule has 31 heavy (non-hydrogen) atoms. The number of hydrogen-bond acceptors (Lipinski definition) is 5. The number of esters is 1. The van der Waals surface area contributed by atoms with Crippen molar-refractivity contribution in [1.29, 1.82) is 0 Å². The van der Waals surface area contributed by atoms with Crippen molar-refractivity contribution in [1.82, 2.24) is 0 Å². The maximum atomic E-state index is 14.1. The van der Waals surface area contributed by atoms with E-state index in [1.54, 1.807) is 7.11 Å². The van der Waals surface area contributed by atoms with E-state index in [1.165, 1.54) is 12.1 Å². The van der Waals surface area contributed by atoms with Crippen molar-refractivity contribution in [2.75, 3.05) is 7.11 Å². The van der Waals surface area contributed by atoms with Gasteiger partial charge in [0, 0.05) is 22.3 Å². The van der Waals surface area contributed by atoms with E-state index in [0.717, 1.165) is 16.7 Å². The van der Waals surface area contributed by atoms with Gasteiger partial charge in [-0.2, -0.15) is 0 Å². The normalized spacial score (nSPS) is 15.0. The van der Waals surface area contributed by atoms with E-state index in [1.807, 2.05) is 55.5 Å². The SMILES string of the molecule is COc1ccc(C)cc1CC(=O)OCc1cc(F)cc2c1O[C@@H](c1ccccc1)OC2. The fourth-order valence-electron chi connectivity index (χ4n) is 3.57. The lowest BCUT2D eigenvalue weighted by Gasteiger charge is -2.28. The highest BCUT2D eigenvalue weighted by atomic mass is 19.1. The number of ether oxygens (including phenoxy) is 4. The Hall–Kier alpha value is -3.38. The van der Waals surface area contributed by atoms with Gasteiger partial charge in [-0.25, -0.2) is 4.39 Å². The third kappa shape index (κ3) is 4.86. The van der Waals surface area contributed by atoms with Crippen LogP contribution in [-0.2, 0) is 33.9 Å². The first-order valence-corrected chi connectivity index (χ1v) is 9.97. The van der Waals surface area contributed by atoms with E-state index in [9.17, 15) is 9.18 Å². The summed E-state index contributed by atoms with van der Waals surface area (Å²) in [5, 5.41) is 0. The molecule has 3 aromatic rings. The number of carbonyl (C=O) groups is 1. The van der Waals surface area contributed by atoms with Gasteiger partial charge in [0.25, 0.3) is 0 Å². The predicted molar refractivity (Wildman–Crippen MR) is 112 cm³/mol. The van der Waals surface area contributed by atoms with E-state index in [4.69, 9.17) is 18.9 Å². The summed E-state index contributed by atoms with van der Waals surface area (Å²) >= 11 is 0. The summed E-state index contributed by atoms with van der Waals surface area (Å²) in [7, 11) is 1.56. The second kappa shape index (κ2) is 9.18. The molecule has 1 aliphatic heterocycles. The molecule has 0 unspecified atom stereocenters. The number of halogens is 1. The molecule has 0 amide bonds. The fourth-order valence-corrected chi connectivity index (χ4v) is 3.57. The average Bonchev–Trinajstić information content (AvgIpc) is 2.78. The van der Waals surface area contributed by atoms with Gasteiger partial charge in [0.15, 0.2) is 0 Å². The summed E-state index contributed by atoms with van der Waals surface area (Å²) in [4.78, 5) is 12.5. The first-order chi connectivity index (χ1) is 15.0. The number of methoxy groups -OCH3 is 1. The first kappa shape index (κ1) is 20.9. The Bertz CT molecular complexity index is 1080. The van der Waals surface area contributed by atoms with Gasteiger partial charge in [-0.1, -0.05) is 48.0 Å². The smallest absolute Gasteiger partial charge is 0.310 e. The van der Waals surface area contributed by atoms with Crippen LogP contribution in [0.25, 0.3) is 0 Å². The van der Waals surface area contributed by atoms with Crippen molar-refractivity contribution in [3.8, 4) is 11.5 Å². The molecule has 160 valence electrons. The molecule has 0 spiro atoms. The van der Waals surface area contributed by atoms with Gasteiger partial charge < -0.3 is 18.9 Å². The van der Waals surface area contributed by atoms with Crippen LogP contribution in [-0.4, -0.2) is 13.1 Å². The largest absolute Gasteiger partial charge is 0.496 e. The molecule has 0 saturated heterocycles. The van der Waals surface area contributed by atoms with Gasteiger partial charge in [-0.05, 0) is 25.1 Å². The maximum Gasteiger partial charge on any atom is 0.310 e. The summed E-state index contributed by atoms with van der Waals surface area (Å²) in [5.74, 6) is 0.239. The maximum absolute atomic E-state index is 14.1. The fraction of sp³-hybridized carbons (Fsp3) is 0.240. The molecule has 4 rings (SSSR count). The van der Waals surface area contributed by atoms with Crippen LogP contribution in [0.1, 0.15) is 34.1 Å². The summed E-state index contributed by atoms with van der Waals surface area (Å²) in [6.07, 6.45) is -0.552. The highest BCUT2D eigenvalue weighted by Gasteiger charge is 2.25. The number of carbonyl (C=O) groups excluding carboxylic acids is 1. The lowest BCUT2D eigenvalue weighted by Crippen LogP contribution is -2.20. The van der Waals surface area contributed by atoms with Gasteiger partial charge in [-0.15, -0.1) is 0 Å². The molecule has 0 aromatic heterocycles. The standard InChI is InChI=1S/C25H23FO5/c1-16-8-9-22(28-2)18(10-16)13-23(27)29-14-19-11-21(26)12-20-15-30-25(31-24(19)20)17-6-4-3-5-7-17/h3-12,25H,13-15H2,1-2H3/t25-/m0/s1. The Labute approximate surface area is 180 Å². The van der Waals surface area contributed by atoms with Gasteiger partial charge in [-0.3, -0.25) is 4.79 Å². The van der Waals surface area contributed by atoms with E-state index >= 15 is 0 Å². The van der Waals surface area contributed by atoms with Crippen LogP contribution in [0.5, 0.6) is 11.5 Å². The number of aryl methyl sites for hydroxylation is 1. The minimum absolute atomic E-state index is 0.0545. The van der Waals surface area contributed by atoms with Gasteiger partial charge in [0.2, 0.25) is 6.29 Å². The molecular formula is C25H23FO5. The van der Waals surface area contributed by atoms with Crippen LogP contribution in [0, 0.1) is 12.7 Å². The molecule has 1 heterocycles. The van der Waals surface area contributed by atoms with Crippen LogP contribution >= 0.6 is 0 Å². The topological polar surface area (TPSA) is 54.0 Å². The van der Waals surface area contributed by atoms with Crippen molar-refractivity contribution in [2.45, 2.75) is 32.8 Å². The van der Waals surface area contributed by atoms with Crippen LogP contribution in [0.4, 0.5) is 4.39 Å². The van der Waals surface area contributed by atoms with Crippen molar-refractivity contribution >= 4 is 5.97 Å². The Morgan fingerprint density at radius 1 is 1.10 bits per heavy atom. The minimum atomic E-state index is -0.606. The third-order valence-electron chi connectivity index (χ3n) is 5.05. The molecule has 0 radical (unpaired) electrons. The second-order valence-electron chi connectivity index (χ2n) is 7.38. The quantitative estimate of drug-likeness (QED) is 0.521. The highest BCUT2D eigenvalue weighted by Crippen LogP contribution is 2.37. The summed E-state index contributed by atoms with van der Waals surface area (Å²) < 4.78 is 36.6. The third-order valence-corrected chi connectivity index (χ3v) is 5.05. The zero-order valence-corrected chi connectivity index (χ0v) is 17.4. The average molecular weight is 422 g/mol.